The van der Waals surface area contributed by atoms with Gasteiger partial charge < -0.3 is 10.1 Å². The molecule has 1 N–H and O–H groups in total. The third-order valence-corrected chi connectivity index (χ3v) is 5.50. The lowest BCUT2D eigenvalue weighted by Gasteiger charge is -2.17. The molecular formula is C23H12Cl3FN2O4. The summed E-state index contributed by atoms with van der Waals surface area (Å²) in [6.07, 6.45) is 0. The molecule has 0 saturated heterocycles. The average molecular weight is 506 g/mol. The van der Waals surface area contributed by atoms with Crippen molar-refractivity contribution in [1.82, 2.24) is 0 Å². The van der Waals surface area contributed by atoms with E-state index in [2.05, 4.69) is 5.32 Å². The van der Waals surface area contributed by atoms with Gasteiger partial charge in [-0.05, 0) is 66.7 Å². The molecule has 0 unspecified atom stereocenters. The molecule has 33 heavy (non-hydrogen) atoms. The summed E-state index contributed by atoms with van der Waals surface area (Å²) >= 11 is 18.2. The molecule has 0 bridgehead atoms. The van der Waals surface area contributed by atoms with E-state index in [1.165, 1.54) is 66.7 Å². The van der Waals surface area contributed by atoms with Gasteiger partial charge in [0.15, 0.2) is 0 Å². The Morgan fingerprint density at radius 3 is 2.21 bits per heavy atom. The highest BCUT2D eigenvalue weighted by molar-refractivity contribution is 6.54. The van der Waals surface area contributed by atoms with Crippen LogP contribution in [0.2, 0.25) is 10.0 Å². The van der Waals surface area contributed by atoms with E-state index in [9.17, 15) is 18.8 Å². The van der Waals surface area contributed by atoms with Crippen molar-refractivity contribution in [2.45, 2.75) is 0 Å². The Balaban J connectivity index is 1.50. The van der Waals surface area contributed by atoms with Crippen LogP contribution in [-0.4, -0.2) is 17.8 Å². The van der Waals surface area contributed by atoms with Crippen LogP contribution in [0.15, 0.2) is 77.5 Å². The molecular weight excluding hydrogens is 494 g/mol. The Labute approximate surface area is 202 Å². The van der Waals surface area contributed by atoms with Crippen LogP contribution in [0.25, 0.3) is 0 Å². The molecule has 6 nitrogen and oxygen atoms in total. The molecule has 1 heterocycles. The minimum atomic E-state index is -0.757. The number of benzene rings is 3. The largest absolute Gasteiger partial charge is 0.423 e. The normalized spacial score (nSPS) is 13.5. The first kappa shape index (κ1) is 22.8. The number of nitrogens with one attached hydrogen (secondary N) is 1. The van der Waals surface area contributed by atoms with Gasteiger partial charge in [-0.15, -0.1) is 0 Å². The standard InChI is InChI=1S/C23H12Cl3FN2O4/c24-13-3-10-17(25)18(11-13)29-21(30)19(26)20(22(29)31)28-15-6-1-12(2-7-15)23(32)33-16-8-4-14(27)5-9-16/h1-11,28H. The third-order valence-electron chi connectivity index (χ3n) is 4.59. The van der Waals surface area contributed by atoms with Crippen molar-refractivity contribution in [1.29, 1.82) is 0 Å². The number of rotatable bonds is 5. The number of anilines is 2. The highest BCUT2D eigenvalue weighted by atomic mass is 35.5. The molecule has 1 aliphatic heterocycles. The van der Waals surface area contributed by atoms with E-state index in [4.69, 9.17) is 39.5 Å². The number of halogens is 4. The van der Waals surface area contributed by atoms with Crippen LogP contribution in [0.1, 0.15) is 10.4 Å². The first-order valence-electron chi connectivity index (χ1n) is 9.33. The SMILES string of the molecule is O=C(Oc1ccc(F)cc1)c1ccc(NC2=C(Cl)C(=O)N(c3cc(Cl)ccc3Cl)C2=O)cc1. The molecule has 0 radical (unpaired) electrons. The number of hydrogen-bond donors (Lipinski definition) is 1. The van der Waals surface area contributed by atoms with Gasteiger partial charge in [-0.2, -0.15) is 0 Å². The Hall–Kier alpha value is -3.39. The lowest BCUT2D eigenvalue weighted by Crippen LogP contribution is -2.32. The van der Waals surface area contributed by atoms with Crippen LogP contribution in [0.3, 0.4) is 0 Å². The molecule has 3 aromatic carbocycles. The van der Waals surface area contributed by atoms with Crippen LogP contribution in [0, 0.1) is 5.82 Å². The fourth-order valence-electron chi connectivity index (χ4n) is 2.99. The maximum atomic E-state index is 13.0. The Morgan fingerprint density at radius 2 is 1.55 bits per heavy atom. The fraction of sp³-hybridized carbons (Fsp3) is 0. The summed E-state index contributed by atoms with van der Waals surface area (Å²) in [7, 11) is 0. The molecule has 1 aliphatic rings. The van der Waals surface area contributed by atoms with E-state index >= 15 is 0 Å². The van der Waals surface area contributed by atoms with E-state index in [1.54, 1.807) is 0 Å². The quantitative estimate of drug-likeness (QED) is 0.270. The predicted molar refractivity (Wildman–Crippen MR) is 123 cm³/mol. The molecule has 4 rings (SSSR count). The van der Waals surface area contributed by atoms with Crippen molar-refractivity contribution in [2.75, 3.05) is 10.2 Å². The summed E-state index contributed by atoms with van der Waals surface area (Å²) < 4.78 is 18.2. The van der Waals surface area contributed by atoms with Gasteiger partial charge in [-0.25, -0.2) is 14.1 Å². The van der Waals surface area contributed by atoms with Gasteiger partial charge in [-0.1, -0.05) is 34.8 Å². The van der Waals surface area contributed by atoms with E-state index in [0.717, 1.165) is 4.90 Å². The number of amides is 2. The molecule has 10 heteroatoms. The van der Waals surface area contributed by atoms with Crippen molar-refractivity contribution >= 4 is 64.0 Å². The summed E-state index contributed by atoms with van der Waals surface area (Å²) in [4.78, 5) is 38.6. The molecule has 0 atom stereocenters. The summed E-state index contributed by atoms with van der Waals surface area (Å²) in [5.74, 6) is -2.38. The van der Waals surface area contributed by atoms with E-state index < -0.39 is 23.6 Å². The zero-order valence-corrected chi connectivity index (χ0v) is 18.7. The van der Waals surface area contributed by atoms with Crippen LogP contribution < -0.4 is 15.0 Å². The number of ether oxygens (including phenoxy) is 1. The Kier molecular flexibility index (Phi) is 6.37. The van der Waals surface area contributed by atoms with Gasteiger partial charge in [0.1, 0.15) is 22.3 Å². The topological polar surface area (TPSA) is 75.7 Å². The van der Waals surface area contributed by atoms with Gasteiger partial charge in [-0.3, -0.25) is 9.59 Å². The van der Waals surface area contributed by atoms with Crippen LogP contribution >= 0.6 is 34.8 Å². The number of carbonyl (C=O) groups excluding carboxylic acids is 3. The second kappa shape index (κ2) is 9.23. The molecule has 0 aromatic heterocycles. The predicted octanol–water partition coefficient (Wildman–Crippen LogP) is 5.79. The van der Waals surface area contributed by atoms with Crippen LogP contribution in [0.4, 0.5) is 15.8 Å². The maximum Gasteiger partial charge on any atom is 0.343 e. The summed E-state index contributed by atoms with van der Waals surface area (Å²) in [6.45, 7) is 0. The monoisotopic (exact) mass is 504 g/mol. The lowest BCUT2D eigenvalue weighted by atomic mass is 10.2. The van der Waals surface area contributed by atoms with Gasteiger partial charge in [0.05, 0.1) is 16.3 Å². The first-order chi connectivity index (χ1) is 15.7. The Bertz CT molecular complexity index is 1310. The summed E-state index contributed by atoms with van der Waals surface area (Å²) in [5, 5.41) is 2.91. The molecule has 166 valence electrons. The number of esters is 1. The second-order valence-corrected chi connectivity index (χ2v) is 8.00. The van der Waals surface area contributed by atoms with Gasteiger partial charge in [0.25, 0.3) is 11.8 Å². The molecule has 0 fully saturated rings. The smallest absolute Gasteiger partial charge is 0.343 e. The van der Waals surface area contributed by atoms with Gasteiger partial charge >= 0.3 is 5.97 Å². The minimum Gasteiger partial charge on any atom is -0.423 e. The molecule has 0 saturated carbocycles. The molecule has 3 aromatic rings. The highest BCUT2D eigenvalue weighted by Crippen LogP contribution is 2.35. The minimum absolute atomic E-state index is 0.105. The lowest BCUT2D eigenvalue weighted by molar-refractivity contribution is -0.120. The van der Waals surface area contributed by atoms with E-state index in [0.29, 0.717) is 5.69 Å². The number of carbonyl (C=O) groups is 3. The van der Waals surface area contributed by atoms with E-state index in [-0.39, 0.29) is 37.8 Å². The second-order valence-electron chi connectivity index (χ2n) is 6.78. The third kappa shape index (κ3) is 4.71. The highest BCUT2D eigenvalue weighted by Gasteiger charge is 2.40. The summed E-state index contributed by atoms with van der Waals surface area (Å²) in [6, 6.07) is 15.3. The van der Waals surface area contributed by atoms with Crippen molar-refractivity contribution in [2.24, 2.45) is 0 Å². The van der Waals surface area contributed by atoms with Crippen LogP contribution in [-0.2, 0) is 9.59 Å². The molecule has 2 amide bonds. The maximum absolute atomic E-state index is 13.0. The van der Waals surface area contributed by atoms with E-state index in [1.807, 2.05) is 0 Å². The zero-order chi connectivity index (χ0) is 23.7. The molecule has 0 spiro atoms. The fourth-order valence-corrected chi connectivity index (χ4v) is 3.57. The van der Waals surface area contributed by atoms with Crippen molar-refractivity contribution in [3.8, 4) is 5.75 Å². The van der Waals surface area contributed by atoms with Crippen molar-refractivity contribution in [3.63, 3.8) is 0 Å². The van der Waals surface area contributed by atoms with Gasteiger partial charge in [0.2, 0.25) is 0 Å². The average Bonchev–Trinajstić information content (AvgIpc) is 3.00. The number of nitrogens with zero attached hydrogens (tertiary/aromatic N) is 1. The van der Waals surface area contributed by atoms with Gasteiger partial charge in [0, 0.05) is 10.7 Å². The van der Waals surface area contributed by atoms with Crippen molar-refractivity contribution in [3.05, 3.63) is 98.9 Å². The van der Waals surface area contributed by atoms with Crippen LogP contribution in [0.5, 0.6) is 5.75 Å². The number of hydrogen-bond acceptors (Lipinski definition) is 5. The molecule has 0 aliphatic carbocycles. The zero-order valence-electron chi connectivity index (χ0n) is 16.4. The first-order valence-corrected chi connectivity index (χ1v) is 10.5. The summed E-state index contributed by atoms with van der Waals surface area (Å²) in [5.41, 5.74) is 0.556. The number of imide groups is 1. The van der Waals surface area contributed by atoms with Crippen molar-refractivity contribution < 1.29 is 23.5 Å². The Morgan fingerprint density at radius 1 is 0.879 bits per heavy atom.